The van der Waals surface area contributed by atoms with Gasteiger partial charge in [0.05, 0.1) is 13.7 Å². The summed E-state index contributed by atoms with van der Waals surface area (Å²) in [5.41, 5.74) is 1.05. The van der Waals surface area contributed by atoms with Gasteiger partial charge in [-0.15, -0.1) is 11.3 Å². The van der Waals surface area contributed by atoms with Gasteiger partial charge in [0.2, 0.25) is 0 Å². The fourth-order valence-electron chi connectivity index (χ4n) is 2.26. The molecule has 1 atom stereocenters. The van der Waals surface area contributed by atoms with Crippen molar-refractivity contribution in [2.24, 2.45) is 5.92 Å². The standard InChI is InChI=1S/C11H14Br2OS/c12-9-6-8(11(13)15-9)10(14)7-4-2-1-3-5-7/h6-7,10,14H,1-5H2. The Balaban J connectivity index is 2.12. The summed E-state index contributed by atoms with van der Waals surface area (Å²) in [6.45, 7) is 0. The van der Waals surface area contributed by atoms with E-state index in [0.717, 1.165) is 13.1 Å². The van der Waals surface area contributed by atoms with Crippen LogP contribution in [0.25, 0.3) is 0 Å². The molecule has 0 aliphatic heterocycles. The molecule has 1 aliphatic carbocycles. The molecule has 2 rings (SSSR count). The predicted molar refractivity (Wildman–Crippen MR) is 71.3 cm³/mol. The lowest BCUT2D eigenvalue weighted by Gasteiger charge is -2.26. The molecule has 1 unspecified atom stereocenters. The minimum absolute atomic E-state index is 0.290. The van der Waals surface area contributed by atoms with E-state index in [4.69, 9.17) is 0 Å². The van der Waals surface area contributed by atoms with E-state index in [1.54, 1.807) is 11.3 Å². The lowest BCUT2D eigenvalue weighted by molar-refractivity contribution is 0.0846. The van der Waals surface area contributed by atoms with E-state index in [9.17, 15) is 5.11 Å². The summed E-state index contributed by atoms with van der Waals surface area (Å²) in [7, 11) is 0. The minimum atomic E-state index is -0.290. The maximum absolute atomic E-state index is 10.3. The molecule has 1 aliphatic rings. The van der Waals surface area contributed by atoms with Crippen LogP contribution in [0.1, 0.15) is 43.8 Å². The van der Waals surface area contributed by atoms with Crippen LogP contribution in [0.4, 0.5) is 0 Å². The van der Waals surface area contributed by atoms with E-state index < -0.39 is 0 Å². The van der Waals surface area contributed by atoms with Crippen LogP contribution in [0.3, 0.4) is 0 Å². The van der Waals surface area contributed by atoms with E-state index in [1.807, 2.05) is 6.07 Å². The van der Waals surface area contributed by atoms with Crippen molar-refractivity contribution in [3.63, 3.8) is 0 Å². The summed E-state index contributed by atoms with van der Waals surface area (Å²) in [4.78, 5) is 0. The van der Waals surface area contributed by atoms with Crippen molar-refractivity contribution in [2.75, 3.05) is 0 Å². The van der Waals surface area contributed by atoms with Gasteiger partial charge in [0.15, 0.2) is 0 Å². The Morgan fingerprint density at radius 3 is 2.47 bits per heavy atom. The third kappa shape index (κ3) is 2.84. The van der Waals surface area contributed by atoms with Gasteiger partial charge in [-0.3, -0.25) is 0 Å². The smallest absolute Gasteiger partial charge is 0.0837 e. The Hall–Kier alpha value is 0.620. The first-order chi connectivity index (χ1) is 7.18. The first kappa shape index (κ1) is 12.1. The molecule has 0 bridgehead atoms. The van der Waals surface area contributed by atoms with Crippen LogP contribution in [0.15, 0.2) is 13.6 Å². The third-order valence-corrected chi connectivity index (χ3v) is 5.48. The van der Waals surface area contributed by atoms with Gasteiger partial charge >= 0.3 is 0 Å². The molecule has 0 amide bonds. The van der Waals surface area contributed by atoms with Gasteiger partial charge in [0.25, 0.3) is 0 Å². The van der Waals surface area contributed by atoms with Crippen LogP contribution in [0.2, 0.25) is 0 Å². The lowest BCUT2D eigenvalue weighted by atomic mass is 9.83. The molecule has 1 N–H and O–H groups in total. The van der Waals surface area contributed by atoms with Crippen molar-refractivity contribution in [1.82, 2.24) is 0 Å². The molecule has 0 aromatic carbocycles. The molecule has 15 heavy (non-hydrogen) atoms. The highest BCUT2D eigenvalue weighted by molar-refractivity contribution is 9.12. The molecule has 1 aromatic rings. The molecule has 1 saturated carbocycles. The highest BCUT2D eigenvalue weighted by Crippen LogP contribution is 2.41. The molecule has 1 fully saturated rings. The van der Waals surface area contributed by atoms with Crippen molar-refractivity contribution in [3.8, 4) is 0 Å². The van der Waals surface area contributed by atoms with Gasteiger partial charge in [-0.2, -0.15) is 0 Å². The van der Waals surface area contributed by atoms with E-state index >= 15 is 0 Å². The second kappa shape index (κ2) is 5.30. The van der Waals surface area contributed by atoms with Crippen molar-refractivity contribution in [3.05, 3.63) is 19.2 Å². The molecule has 0 saturated heterocycles. The van der Waals surface area contributed by atoms with Crippen molar-refractivity contribution >= 4 is 43.2 Å². The van der Waals surface area contributed by atoms with Crippen molar-refractivity contribution < 1.29 is 5.11 Å². The number of rotatable bonds is 2. The molecule has 1 nitrogen and oxygen atoms in total. The van der Waals surface area contributed by atoms with Crippen LogP contribution in [-0.4, -0.2) is 5.11 Å². The van der Waals surface area contributed by atoms with Gasteiger partial charge in [-0.1, -0.05) is 19.3 Å². The summed E-state index contributed by atoms with van der Waals surface area (Å²) in [6, 6.07) is 2.04. The fourth-order valence-corrected chi connectivity index (χ4v) is 5.17. The Labute approximate surface area is 111 Å². The van der Waals surface area contributed by atoms with Crippen molar-refractivity contribution in [1.29, 1.82) is 0 Å². The fraction of sp³-hybridized carbons (Fsp3) is 0.636. The number of aliphatic hydroxyl groups is 1. The zero-order valence-electron chi connectivity index (χ0n) is 8.38. The Bertz CT molecular complexity index is 331. The van der Waals surface area contributed by atoms with Gasteiger partial charge in [0.1, 0.15) is 0 Å². The first-order valence-electron chi connectivity index (χ1n) is 5.31. The monoisotopic (exact) mass is 352 g/mol. The van der Waals surface area contributed by atoms with E-state index in [-0.39, 0.29) is 6.10 Å². The number of aliphatic hydroxyl groups excluding tert-OH is 1. The molecule has 0 radical (unpaired) electrons. The molecule has 4 heteroatoms. The van der Waals surface area contributed by atoms with E-state index in [2.05, 4.69) is 31.9 Å². The number of thiophene rings is 1. The van der Waals surface area contributed by atoms with Gasteiger partial charge < -0.3 is 5.11 Å². The van der Waals surface area contributed by atoms with Gasteiger partial charge in [0, 0.05) is 5.56 Å². The number of hydrogen-bond donors (Lipinski definition) is 1. The van der Waals surface area contributed by atoms with Crippen LogP contribution in [-0.2, 0) is 0 Å². The molecule has 84 valence electrons. The molecule has 1 heterocycles. The highest BCUT2D eigenvalue weighted by atomic mass is 79.9. The summed E-state index contributed by atoms with van der Waals surface area (Å²) in [5, 5.41) is 10.3. The second-order valence-corrected chi connectivity index (χ2v) is 7.87. The van der Waals surface area contributed by atoms with E-state index in [0.29, 0.717) is 5.92 Å². The van der Waals surface area contributed by atoms with E-state index in [1.165, 1.54) is 32.1 Å². The van der Waals surface area contributed by atoms with Crippen LogP contribution < -0.4 is 0 Å². The Kier molecular flexibility index (Phi) is 4.27. The second-order valence-electron chi connectivity index (χ2n) is 4.12. The topological polar surface area (TPSA) is 20.2 Å². The van der Waals surface area contributed by atoms with Crippen molar-refractivity contribution in [2.45, 2.75) is 38.2 Å². The summed E-state index contributed by atoms with van der Waals surface area (Å²) >= 11 is 8.60. The summed E-state index contributed by atoms with van der Waals surface area (Å²) < 4.78 is 2.15. The number of halogens is 2. The predicted octanol–water partition coefficient (Wildman–Crippen LogP) is 4.89. The molecule has 1 aromatic heterocycles. The SMILES string of the molecule is OC(c1cc(Br)sc1Br)C1CCCCC1. The maximum Gasteiger partial charge on any atom is 0.0837 e. The normalized spacial score (nSPS) is 20.5. The quantitative estimate of drug-likeness (QED) is 0.802. The zero-order chi connectivity index (χ0) is 10.8. The average Bonchev–Trinajstić information content (AvgIpc) is 2.58. The largest absolute Gasteiger partial charge is 0.388 e. The summed E-state index contributed by atoms with van der Waals surface area (Å²) in [6.07, 6.45) is 5.91. The Morgan fingerprint density at radius 1 is 1.27 bits per heavy atom. The highest BCUT2D eigenvalue weighted by Gasteiger charge is 2.25. The average molecular weight is 354 g/mol. The molecular formula is C11H14Br2OS. The van der Waals surface area contributed by atoms with Crippen LogP contribution in [0, 0.1) is 5.92 Å². The first-order valence-corrected chi connectivity index (χ1v) is 7.71. The lowest BCUT2D eigenvalue weighted by Crippen LogP contribution is -2.15. The number of hydrogen-bond acceptors (Lipinski definition) is 2. The van der Waals surface area contributed by atoms with Gasteiger partial charge in [-0.05, 0) is 56.7 Å². The molecule has 0 spiro atoms. The maximum atomic E-state index is 10.3. The van der Waals surface area contributed by atoms with Crippen LogP contribution in [0.5, 0.6) is 0 Å². The van der Waals surface area contributed by atoms with Crippen LogP contribution >= 0.6 is 43.2 Å². The molecular weight excluding hydrogens is 340 g/mol. The zero-order valence-corrected chi connectivity index (χ0v) is 12.4. The Morgan fingerprint density at radius 2 is 1.93 bits per heavy atom. The third-order valence-electron chi connectivity index (χ3n) is 3.10. The van der Waals surface area contributed by atoms with Gasteiger partial charge in [-0.25, -0.2) is 0 Å². The summed E-state index contributed by atoms with van der Waals surface area (Å²) in [5.74, 6) is 0.455. The minimum Gasteiger partial charge on any atom is -0.388 e.